The molecule has 64 valence electrons. The number of carbonyl (C=O) groups excluding carboxylic acids is 1. The fraction of sp³-hybridized carbons (Fsp3) is 0.625. The van der Waals surface area contributed by atoms with Crippen molar-refractivity contribution in [2.24, 2.45) is 0 Å². The molecule has 0 radical (unpaired) electrons. The Hall–Kier alpha value is -0.830. The minimum absolute atomic E-state index is 0.141. The van der Waals surface area contributed by atoms with Crippen molar-refractivity contribution in [2.45, 2.75) is 25.9 Å². The molecule has 0 saturated carbocycles. The Morgan fingerprint density at radius 3 is 2.82 bits per heavy atom. The summed E-state index contributed by atoms with van der Waals surface area (Å²) in [7, 11) is 1.55. The molecular formula is C8H15NO2. The van der Waals surface area contributed by atoms with Gasteiger partial charge < -0.3 is 10.4 Å². The van der Waals surface area contributed by atoms with Crippen LogP contribution >= 0.6 is 0 Å². The van der Waals surface area contributed by atoms with Crippen LogP contribution < -0.4 is 5.32 Å². The smallest absolute Gasteiger partial charge is 0.222 e. The van der Waals surface area contributed by atoms with E-state index >= 15 is 0 Å². The largest absolute Gasteiger partial charge is 0.389 e. The summed E-state index contributed by atoms with van der Waals surface area (Å²) in [4.78, 5) is 10.7. The third-order valence-corrected chi connectivity index (χ3v) is 1.27. The number of nitrogens with one attached hydrogen (secondary N) is 1. The van der Waals surface area contributed by atoms with Crippen molar-refractivity contribution in [3.05, 3.63) is 12.2 Å². The predicted octanol–water partition coefficient (Wildman–Crippen LogP) is 0.450. The van der Waals surface area contributed by atoms with E-state index in [2.05, 4.69) is 5.32 Å². The Morgan fingerprint density at radius 1 is 1.73 bits per heavy atom. The van der Waals surface area contributed by atoms with Gasteiger partial charge in [0.05, 0.1) is 12.5 Å². The van der Waals surface area contributed by atoms with Gasteiger partial charge in [0.25, 0.3) is 0 Å². The zero-order chi connectivity index (χ0) is 8.69. The van der Waals surface area contributed by atoms with Gasteiger partial charge in [-0.3, -0.25) is 4.79 Å². The average Bonchev–Trinajstić information content (AvgIpc) is 2.00. The van der Waals surface area contributed by atoms with Gasteiger partial charge in [-0.2, -0.15) is 0 Å². The van der Waals surface area contributed by atoms with Gasteiger partial charge >= 0.3 is 0 Å². The van der Waals surface area contributed by atoms with E-state index in [1.807, 2.05) is 13.0 Å². The second-order valence-corrected chi connectivity index (χ2v) is 2.28. The summed E-state index contributed by atoms with van der Waals surface area (Å²) in [5, 5.41) is 11.6. The average molecular weight is 157 g/mol. The predicted molar refractivity (Wildman–Crippen MR) is 44.1 cm³/mol. The number of rotatable bonds is 4. The van der Waals surface area contributed by atoms with Gasteiger partial charge in [0.2, 0.25) is 5.91 Å². The molecule has 11 heavy (non-hydrogen) atoms. The van der Waals surface area contributed by atoms with Crippen molar-refractivity contribution in [3.63, 3.8) is 0 Å². The minimum Gasteiger partial charge on any atom is -0.389 e. The summed E-state index contributed by atoms with van der Waals surface area (Å²) < 4.78 is 0. The number of carbonyl (C=O) groups is 1. The van der Waals surface area contributed by atoms with Crippen LogP contribution in [0, 0.1) is 0 Å². The second-order valence-electron chi connectivity index (χ2n) is 2.28. The first-order valence-corrected chi connectivity index (χ1v) is 3.76. The first kappa shape index (κ1) is 10.2. The Balaban J connectivity index is 3.59. The number of hydrogen-bond acceptors (Lipinski definition) is 2. The topological polar surface area (TPSA) is 49.3 Å². The molecule has 0 aromatic rings. The molecule has 1 unspecified atom stereocenters. The highest BCUT2D eigenvalue weighted by Gasteiger charge is 2.04. The van der Waals surface area contributed by atoms with Crippen LogP contribution in [-0.4, -0.2) is 24.2 Å². The molecule has 0 heterocycles. The molecule has 0 spiro atoms. The SMILES string of the molecule is CCC=CC(O)CC(=O)NC. The van der Waals surface area contributed by atoms with Crippen molar-refractivity contribution in [3.8, 4) is 0 Å². The van der Waals surface area contributed by atoms with E-state index in [-0.39, 0.29) is 12.3 Å². The summed E-state index contributed by atoms with van der Waals surface area (Å²) in [6, 6.07) is 0. The Labute approximate surface area is 67.1 Å². The fourth-order valence-corrected chi connectivity index (χ4v) is 0.653. The number of amides is 1. The van der Waals surface area contributed by atoms with Gasteiger partial charge in [-0.05, 0) is 6.42 Å². The lowest BCUT2D eigenvalue weighted by Gasteiger charge is -2.02. The van der Waals surface area contributed by atoms with Crippen molar-refractivity contribution in [1.82, 2.24) is 5.32 Å². The zero-order valence-corrected chi connectivity index (χ0v) is 7.00. The quantitative estimate of drug-likeness (QED) is 0.582. The molecule has 2 N–H and O–H groups in total. The molecule has 0 bridgehead atoms. The van der Waals surface area contributed by atoms with Crippen molar-refractivity contribution in [2.75, 3.05) is 7.05 Å². The summed E-state index contributed by atoms with van der Waals surface area (Å²) in [6.07, 6.45) is 3.86. The van der Waals surface area contributed by atoms with E-state index in [4.69, 9.17) is 5.11 Å². The maximum atomic E-state index is 10.7. The normalized spacial score (nSPS) is 13.4. The molecule has 0 aliphatic rings. The molecule has 0 fully saturated rings. The molecule has 0 aliphatic heterocycles. The monoisotopic (exact) mass is 157 g/mol. The first-order valence-electron chi connectivity index (χ1n) is 3.76. The zero-order valence-electron chi connectivity index (χ0n) is 7.00. The summed E-state index contributed by atoms with van der Waals surface area (Å²) >= 11 is 0. The highest BCUT2D eigenvalue weighted by Crippen LogP contribution is 1.94. The molecule has 1 amide bonds. The molecule has 0 aliphatic carbocycles. The summed E-state index contributed by atoms with van der Waals surface area (Å²) in [5.41, 5.74) is 0. The van der Waals surface area contributed by atoms with Gasteiger partial charge in [0.1, 0.15) is 0 Å². The maximum absolute atomic E-state index is 10.7. The van der Waals surface area contributed by atoms with Crippen LogP contribution in [0.4, 0.5) is 0 Å². The van der Waals surface area contributed by atoms with Crippen molar-refractivity contribution < 1.29 is 9.90 Å². The van der Waals surface area contributed by atoms with Crippen LogP contribution in [0.3, 0.4) is 0 Å². The van der Waals surface area contributed by atoms with E-state index in [9.17, 15) is 4.79 Å². The van der Waals surface area contributed by atoms with Crippen LogP contribution in [0.2, 0.25) is 0 Å². The Morgan fingerprint density at radius 2 is 2.36 bits per heavy atom. The van der Waals surface area contributed by atoms with E-state index in [0.29, 0.717) is 0 Å². The third kappa shape index (κ3) is 5.61. The lowest BCUT2D eigenvalue weighted by molar-refractivity contribution is -0.121. The molecule has 1 atom stereocenters. The number of hydrogen-bond donors (Lipinski definition) is 2. The van der Waals surface area contributed by atoms with Gasteiger partial charge in [-0.1, -0.05) is 19.1 Å². The molecule has 0 rings (SSSR count). The van der Waals surface area contributed by atoms with Crippen LogP contribution in [0.25, 0.3) is 0 Å². The number of aliphatic hydroxyl groups excluding tert-OH is 1. The molecule has 0 aromatic carbocycles. The van der Waals surface area contributed by atoms with Crippen LogP contribution in [0.15, 0.2) is 12.2 Å². The van der Waals surface area contributed by atoms with Gasteiger partial charge in [-0.25, -0.2) is 0 Å². The Bertz CT molecular complexity index is 143. The van der Waals surface area contributed by atoms with E-state index < -0.39 is 6.10 Å². The van der Waals surface area contributed by atoms with Gasteiger partial charge in [0, 0.05) is 7.05 Å². The first-order chi connectivity index (χ1) is 5.20. The van der Waals surface area contributed by atoms with Crippen LogP contribution in [0.1, 0.15) is 19.8 Å². The minimum atomic E-state index is -0.644. The third-order valence-electron chi connectivity index (χ3n) is 1.27. The molecule has 0 saturated heterocycles. The fourth-order valence-electron chi connectivity index (χ4n) is 0.653. The second kappa shape index (κ2) is 5.92. The number of allylic oxidation sites excluding steroid dienone is 1. The van der Waals surface area contributed by atoms with E-state index in [1.54, 1.807) is 13.1 Å². The highest BCUT2D eigenvalue weighted by molar-refractivity contribution is 5.76. The maximum Gasteiger partial charge on any atom is 0.222 e. The summed E-state index contributed by atoms with van der Waals surface area (Å²) in [5.74, 6) is -0.141. The van der Waals surface area contributed by atoms with Gasteiger partial charge in [-0.15, -0.1) is 0 Å². The lowest BCUT2D eigenvalue weighted by Crippen LogP contribution is -2.22. The number of aliphatic hydroxyl groups is 1. The van der Waals surface area contributed by atoms with Crippen molar-refractivity contribution in [1.29, 1.82) is 0 Å². The molecule has 3 heteroatoms. The molecule has 0 aromatic heterocycles. The van der Waals surface area contributed by atoms with Gasteiger partial charge in [0.15, 0.2) is 0 Å². The van der Waals surface area contributed by atoms with Crippen molar-refractivity contribution >= 4 is 5.91 Å². The summed E-state index contributed by atoms with van der Waals surface area (Å²) in [6.45, 7) is 1.98. The molecular weight excluding hydrogens is 142 g/mol. The van der Waals surface area contributed by atoms with E-state index in [1.165, 1.54) is 0 Å². The van der Waals surface area contributed by atoms with E-state index in [0.717, 1.165) is 6.42 Å². The Kier molecular flexibility index (Phi) is 5.47. The molecule has 3 nitrogen and oxygen atoms in total. The van der Waals surface area contributed by atoms with Crippen LogP contribution in [-0.2, 0) is 4.79 Å². The standard InChI is InChI=1S/C8H15NO2/c1-3-4-5-7(10)6-8(11)9-2/h4-5,7,10H,3,6H2,1-2H3,(H,9,11). The van der Waals surface area contributed by atoms with Crippen LogP contribution in [0.5, 0.6) is 0 Å². The highest BCUT2D eigenvalue weighted by atomic mass is 16.3. The lowest BCUT2D eigenvalue weighted by atomic mass is 10.2.